The number of carboxylic acid groups (broad SMARTS) is 1. The standard InChI is InChI=1S/C12H12ClNO3S/c1-3-4-7-9(12(15)16)17-11(14-7)10-8(13)6(2)5-18-10/h5H,3-4H2,1-2H3,(H,15,16). The lowest BCUT2D eigenvalue weighted by atomic mass is 10.2. The van der Waals surface area contributed by atoms with Gasteiger partial charge in [-0.15, -0.1) is 11.3 Å². The van der Waals surface area contributed by atoms with E-state index >= 15 is 0 Å². The van der Waals surface area contributed by atoms with E-state index in [-0.39, 0.29) is 5.76 Å². The van der Waals surface area contributed by atoms with Crippen LogP contribution in [0.25, 0.3) is 10.8 Å². The van der Waals surface area contributed by atoms with Crippen molar-refractivity contribution in [2.24, 2.45) is 0 Å². The van der Waals surface area contributed by atoms with Crippen molar-refractivity contribution in [1.29, 1.82) is 0 Å². The number of aromatic carboxylic acids is 1. The van der Waals surface area contributed by atoms with Crippen LogP contribution in [0.1, 0.15) is 35.2 Å². The van der Waals surface area contributed by atoms with Crippen molar-refractivity contribution in [2.45, 2.75) is 26.7 Å². The number of aryl methyl sites for hydroxylation is 2. The SMILES string of the molecule is CCCc1nc(-c2scc(C)c2Cl)oc1C(=O)O. The van der Waals surface area contributed by atoms with Gasteiger partial charge in [-0.05, 0) is 24.3 Å². The molecule has 96 valence electrons. The van der Waals surface area contributed by atoms with Crippen molar-refractivity contribution < 1.29 is 14.3 Å². The van der Waals surface area contributed by atoms with Crippen LogP contribution in [0.4, 0.5) is 0 Å². The first-order valence-electron chi connectivity index (χ1n) is 5.51. The molecule has 2 heterocycles. The Bertz CT molecular complexity index is 588. The summed E-state index contributed by atoms with van der Waals surface area (Å²) < 4.78 is 5.32. The highest BCUT2D eigenvalue weighted by molar-refractivity contribution is 7.14. The van der Waals surface area contributed by atoms with Crippen LogP contribution >= 0.6 is 22.9 Å². The van der Waals surface area contributed by atoms with E-state index in [2.05, 4.69) is 4.98 Å². The number of oxazole rings is 1. The van der Waals surface area contributed by atoms with Gasteiger partial charge in [-0.2, -0.15) is 0 Å². The van der Waals surface area contributed by atoms with Gasteiger partial charge in [0.25, 0.3) is 0 Å². The van der Waals surface area contributed by atoms with Gasteiger partial charge in [-0.25, -0.2) is 9.78 Å². The van der Waals surface area contributed by atoms with Crippen LogP contribution in [0.15, 0.2) is 9.80 Å². The predicted molar refractivity (Wildman–Crippen MR) is 70.5 cm³/mol. The van der Waals surface area contributed by atoms with Crippen LogP contribution in [0.5, 0.6) is 0 Å². The molecule has 0 aliphatic carbocycles. The Morgan fingerprint density at radius 2 is 2.33 bits per heavy atom. The maximum Gasteiger partial charge on any atom is 0.373 e. The first-order chi connectivity index (χ1) is 8.54. The Morgan fingerprint density at radius 3 is 2.83 bits per heavy atom. The Kier molecular flexibility index (Phi) is 3.73. The van der Waals surface area contributed by atoms with Crippen LogP contribution in [-0.2, 0) is 6.42 Å². The summed E-state index contributed by atoms with van der Waals surface area (Å²) in [6.45, 7) is 3.85. The van der Waals surface area contributed by atoms with Crippen molar-refractivity contribution in [3.05, 3.63) is 27.4 Å². The van der Waals surface area contributed by atoms with Crippen LogP contribution in [0, 0.1) is 6.92 Å². The Hall–Kier alpha value is -1.33. The molecule has 0 amide bonds. The molecule has 0 spiro atoms. The van der Waals surface area contributed by atoms with E-state index in [0.717, 1.165) is 12.0 Å². The highest BCUT2D eigenvalue weighted by atomic mass is 35.5. The summed E-state index contributed by atoms with van der Waals surface area (Å²) in [5, 5.41) is 11.5. The number of thiophene rings is 1. The molecule has 18 heavy (non-hydrogen) atoms. The van der Waals surface area contributed by atoms with Gasteiger partial charge in [0.05, 0.1) is 10.7 Å². The molecule has 0 saturated heterocycles. The van der Waals surface area contributed by atoms with Crippen LogP contribution in [0.2, 0.25) is 5.02 Å². The molecule has 2 aromatic rings. The second kappa shape index (κ2) is 5.12. The lowest BCUT2D eigenvalue weighted by Crippen LogP contribution is -1.99. The van der Waals surface area contributed by atoms with E-state index in [9.17, 15) is 4.79 Å². The molecule has 0 bridgehead atoms. The molecule has 2 rings (SSSR count). The predicted octanol–water partition coefficient (Wildman–Crippen LogP) is 4.02. The molecule has 0 aliphatic rings. The zero-order chi connectivity index (χ0) is 13.3. The number of halogens is 1. The number of aromatic nitrogens is 1. The summed E-state index contributed by atoms with van der Waals surface area (Å²) >= 11 is 7.52. The van der Waals surface area contributed by atoms with E-state index in [0.29, 0.717) is 27.9 Å². The van der Waals surface area contributed by atoms with Gasteiger partial charge in [0.1, 0.15) is 4.88 Å². The average Bonchev–Trinajstić information content (AvgIpc) is 2.86. The number of carboxylic acids is 1. The smallest absolute Gasteiger partial charge is 0.373 e. The second-order valence-corrected chi connectivity index (χ2v) is 5.17. The summed E-state index contributed by atoms with van der Waals surface area (Å²) in [7, 11) is 0. The van der Waals surface area contributed by atoms with Crippen molar-refractivity contribution in [2.75, 3.05) is 0 Å². The van der Waals surface area contributed by atoms with Gasteiger partial charge >= 0.3 is 5.97 Å². The molecule has 0 atom stereocenters. The molecule has 0 aromatic carbocycles. The molecular formula is C12H12ClNO3S. The monoisotopic (exact) mass is 285 g/mol. The normalized spacial score (nSPS) is 10.8. The summed E-state index contributed by atoms with van der Waals surface area (Å²) in [5.41, 5.74) is 1.41. The topological polar surface area (TPSA) is 63.3 Å². The molecule has 0 aliphatic heterocycles. The van der Waals surface area contributed by atoms with E-state index < -0.39 is 5.97 Å². The molecule has 0 fully saturated rings. The van der Waals surface area contributed by atoms with Crippen molar-refractivity contribution in [3.63, 3.8) is 0 Å². The van der Waals surface area contributed by atoms with Gasteiger partial charge in [-0.1, -0.05) is 24.9 Å². The van der Waals surface area contributed by atoms with Gasteiger partial charge in [0.15, 0.2) is 0 Å². The van der Waals surface area contributed by atoms with E-state index in [1.807, 2.05) is 19.2 Å². The van der Waals surface area contributed by atoms with E-state index in [4.69, 9.17) is 21.1 Å². The average molecular weight is 286 g/mol. The maximum atomic E-state index is 11.1. The van der Waals surface area contributed by atoms with Gasteiger partial charge in [0, 0.05) is 0 Å². The number of carbonyl (C=O) groups is 1. The third-order valence-corrected chi connectivity index (χ3v) is 4.16. The summed E-state index contributed by atoms with van der Waals surface area (Å²) in [4.78, 5) is 16.0. The fraction of sp³-hybridized carbons (Fsp3) is 0.333. The molecule has 6 heteroatoms. The summed E-state index contributed by atoms with van der Waals surface area (Å²) in [5.74, 6) is -0.894. The third kappa shape index (κ3) is 2.28. The minimum Gasteiger partial charge on any atom is -0.475 e. The zero-order valence-corrected chi connectivity index (χ0v) is 11.6. The molecule has 1 N–H and O–H groups in total. The Morgan fingerprint density at radius 1 is 1.61 bits per heavy atom. The van der Waals surface area contributed by atoms with Crippen LogP contribution in [0.3, 0.4) is 0 Å². The minimum absolute atomic E-state index is 0.0889. The molecular weight excluding hydrogens is 274 g/mol. The lowest BCUT2D eigenvalue weighted by molar-refractivity contribution is 0.0662. The van der Waals surface area contributed by atoms with Crippen LogP contribution < -0.4 is 0 Å². The summed E-state index contributed by atoms with van der Waals surface area (Å²) in [6.07, 6.45) is 1.39. The van der Waals surface area contributed by atoms with Gasteiger partial charge < -0.3 is 9.52 Å². The van der Waals surface area contributed by atoms with Gasteiger partial charge in [0.2, 0.25) is 11.7 Å². The highest BCUT2D eigenvalue weighted by Crippen LogP contribution is 2.36. The zero-order valence-electron chi connectivity index (χ0n) is 9.99. The fourth-order valence-corrected chi connectivity index (χ4v) is 2.80. The molecule has 0 radical (unpaired) electrons. The largest absolute Gasteiger partial charge is 0.475 e. The fourth-order valence-electron chi connectivity index (χ4n) is 1.60. The number of hydrogen-bond donors (Lipinski definition) is 1. The first-order valence-corrected chi connectivity index (χ1v) is 6.77. The third-order valence-electron chi connectivity index (χ3n) is 2.47. The number of hydrogen-bond acceptors (Lipinski definition) is 4. The van der Waals surface area contributed by atoms with Gasteiger partial charge in [-0.3, -0.25) is 0 Å². The summed E-state index contributed by atoms with van der Waals surface area (Å²) in [6, 6.07) is 0. The first kappa shape index (κ1) is 13.1. The van der Waals surface area contributed by atoms with Crippen LogP contribution in [-0.4, -0.2) is 16.1 Å². The molecule has 0 unspecified atom stereocenters. The second-order valence-electron chi connectivity index (χ2n) is 3.91. The maximum absolute atomic E-state index is 11.1. The minimum atomic E-state index is -1.10. The van der Waals surface area contributed by atoms with E-state index in [1.165, 1.54) is 11.3 Å². The molecule has 2 aromatic heterocycles. The molecule has 0 saturated carbocycles. The lowest BCUT2D eigenvalue weighted by Gasteiger charge is -1.91. The van der Waals surface area contributed by atoms with Crippen molar-refractivity contribution in [1.82, 2.24) is 4.98 Å². The van der Waals surface area contributed by atoms with Crippen molar-refractivity contribution in [3.8, 4) is 10.8 Å². The highest BCUT2D eigenvalue weighted by Gasteiger charge is 2.22. The number of rotatable bonds is 4. The van der Waals surface area contributed by atoms with Crippen molar-refractivity contribution >= 4 is 28.9 Å². The number of nitrogens with zero attached hydrogens (tertiary/aromatic N) is 1. The molecule has 4 nitrogen and oxygen atoms in total. The quantitative estimate of drug-likeness (QED) is 0.921. The van der Waals surface area contributed by atoms with E-state index in [1.54, 1.807) is 0 Å². The Labute approximate surface area is 113 Å². The Balaban J connectivity index is 2.49.